The molecule has 0 unspecified atom stereocenters. The van der Waals surface area contributed by atoms with Crippen molar-refractivity contribution in [3.63, 3.8) is 0 Å². The summed E-state index contributed by atoms with van der Waals surface area (Å²) in [6, 6.07) is 13.1. The maximum Gasteiger partial charge on any atom is 0.243 e. The predicted octanol–water partition coefficient (Wildman–Crippen LogP) is 4.07. The van der Waals surface area contributed by atoms with Crippen LogP contribution in [0.2, 0.25) is 0 Å². The summed E-state index contributed by atoms with van der Waals surface area (Å²) in [5, 5.41) is 0.848. The Morgan fingerprint density at radius 1 is 1.11 bits per heavy atom. The van der Waals surface area contributed by atoms with E-state index in [1.165, 1.54) is 4.31 Å². The Balaban J connectivity index is 1.80. The van der Waals surface area contributed by atoms with E-state index in [0.29, 0.717) is 24.3 Å². The summed E-state index contributed by atoms with van der Waals surface area (Å²) in [5.41, 5.74) is 4.09. The minimum atomic E-state index is -3.66. The molecule has 1 N–H and O–H groups in total. The zero-order chi connectivity index (χ0) is 19.9. The normalized spacial score (nSPS) is 14.6. The van der Waals surface area contributed by atoms with Gasteiger partial charge >= 0.3 is 0 Å². The SMILES string of the molecule is CCc1cc2c3c([nH]c2cc1S(=O)(=O)N(C)Cc1ccccc1)CCCC3=O. The van der Waals surface area contributed by atoms with Crippen LogP contribution in [0.15, 0.2) is 47.4 Å². The Hall–Kier alpha value is -2.44. The molecule has 1 aliphatic carbocycles. The van der Waals surface area contributed by atoms with Gasteiger partial charge in [0.25, 0.3) is 0 Å². The Labute approximate surface area is 165 Å². The fourth-order valence-electron chi connectivity index (χ4n) is 3.99. The predicted molar refractivity (Wildman–Crippen MR) is 110 cm³/mol. The minimum absolute atomic E-state index is 0.145. The first-order chi connectivity index (χ1) is 13.4. The highest BCUT2D eigenvalue weighted by Gasteiger charge is 2.28. The molecule has 0 radical (unpaired) electrons. The van der Waals surface area contributed by atoms with Crippen molar-refractivity contribution in [1.29, 1.82) is 0 Å². The van der Waals surface area contributed by atoms with E-state index < -0.39 is 10.0 Å². The van der Waals surface area contributed by atoms with Crippen molar-refractivity contribution in [1.82, 2.24) is 9.29 Å². The summed E-state index contributed by atoms with van der Waals surface area (Å²) >= 11 is 0. The number of hydrogen-bond donors (Lipinski definition) is 1. The molecular formula is C22H24N2O3S. The number of Topliss-reactive ketones (excluding diaryl/α,β-unsaturated/α-hetero) is 1. The minimum Gasteiger partial charge on any atom is -0.358 e. The molecule has 1 aliphatic rings. The van der Waals surface area contributed by atoms with Gasteiger partial charge in [0.15, 0.2) is 5.78 Å². The average Bonchev–Trinajstić information content (AvgIpc) is 3.06. The maximum absolute atomic E-state index is 13.3. The number of fused-ring (bicyclic) bond motifs is 3. The van der Waals surface area contributed by atoms with Gasteiger partial charge in [-0.2, -0.15) is 4.31 Å². The topological polar surface area (TPSA) is 70.2 Å². The van der Waals surface area contributed by atoms with Gasteiger partial charge in [-0.25, -0.2) is 8.42 Å². The molecule has 146 valence electrons. The molecule has 6 heteroatoms. The van der Waals surface area contributed by atoms with Crippen molar-refractivity contribution in [3.05, 3.63) is 64.8 Å². The fourth-order valence-corrected chi connectivity index (χ4v) is 5.45. The second-order valence-electron chi connectivity index (χ2n) is 7.36. The van der Waals surface area contributed by atoms with Crippen LogP contribution in [-0.4, -0.2) is 30.5 Å². The molecule has 0 atom stereocenters. The van der Waals surface area contributed by atoms with Gasteiger partial charge in [-0.05, 0) is 42.5 Å². The number of nitrogens with zero attached hydrogens (tertiary/aromatic N) is 1. The molecule has 0 bridgehead atoms. The second-order valence-corrected chi connectivity index (χ2v) is 9.37. The van der Waals surface area contributed by atoms with Crippen molar-refractivity contribution >= 4 is 26.7 Å². The lowest BCUT2D eigenvalue weighted by atomic mass is 9.94. The van der Waals surface area contributed by atoms with Crippen LogP contribution in [0.3, 0.4) is 0 Å². The van der Waals surface area contributed by atoms with E-state index >= 15 is 0 Å². The number of sulfonamides is 1. The van der Waals surface area contributed by atoms with Gasteiger partial charge in [0.1, 0.15) is 0 Å². The highest BCUT2D eigenvalue weighted by molar-refractivity contribution is 7.89. The average molecular weight is 397 g/mol. The summed E-state index contributed by atoms with van der Waals surface area (Å²) in [4.78, 5) is 16.0. The Bertz CT molecular complexity index is 1150. The number of ketones is 1. The van der Waals surface area contributed by atoms with Crippen molar-refractivity contribution in [2.24, 2.45) is 0 Å². The third-order valence-electron chi connectivity index (χ3n) is 5.48. The lowest BCUT2D eigenvalue weighted by Gasteiger charge is -2.19. The van der Waals surface area contributed by atoms with Crippen molar-refractivity contribution in [2.75, 3.05) is 7.05 Å². The molecule has 1 aromatic heterocycles. The van der Waals surface area contributed by atoms with Crippen LogP contribution in [0.25, 0.3) is 10.9 Å². The zero-order valence-electron chi connectivity index (χ0n) is 16.2. The monoisotopic (exact) mass is 396 g/mol. The summed E-state index contributed by atoms with van der Waals surface area (Å²) in [7, 11) is -2.05. The third kappa shape index (κ3) is 3.16. The van der Waals surface area contributed by atoms with Crippen LogP contribution in [0.1, 0.15) is 46.9 Å². The maximum atomic E-state index is 13.3. The number of aromatic nitrogens is 1. The van der Waals surface area contributed by atoms with Crippen molar-refractivity contribution in [3.8, 4) is 0 Å². The molecule has 5 nitrogen and oxygen atoms in total. The van der Waals surface area contributed by atoms with Gasteiger partial charge < -0.3 is 4.98 Å². The standard InChI is InChI=1S/C22H24N2O3S/c1-3-16-12-17-19(23-18-10-7-11-20(25)22(17)18)13-21(16)28(26,27)24(2)14-15-8-5-4-6-9-15/h4-6,8-9,12-13,23H,3,7,10-11,14H2,1-2H3. The summed E-state index contributed by atoms with van der Waals surface area (Å²) in [6.45, 7) is 2.25. The van der Waals surface area contributed by atoms with E-state index in [1.54, 1.807) is 13.1 Å². The number of carbonyl (C=O) groups excluding carboxylic acids is 1. The number of aryl methyl sites for hydroxylation is 2. The van der Waals surface area contributed by atoms with Gasteiger partial charge in [-0.3, -0.25) is 4.79 Å². The third-order valence-corrected chi connectivity index (χ3v) is 7.37. The van der Waals surface area contributed by atoms with Gasteiger partial charge in [0.2, 0.25) is 10.0 Å². The summed E-state index contributed by atoms with van der Waals surface area (Å²) in [6.07, 6.45) is 2.80. The van der Waals surface area contributed by atoms with Gasteiger partial charge in [-0.15, -0.1) is 0 Å². The van der Waals surface area contributed by atoms with Crippen LogP contribution in [0, 0.1) is 0 Å². The number of aromatic amines is 1. The van der Waals surface area contributed by atoms with E-state index in [9.17, 15) is 13.2 Å². The van der Waals surface area contributed by atoms with E-state index in [4.69, 9.17) is 0 Å². The summed E-state index contributed by atoms with van der Waals surface area (Å²) < 4.78 is 28.0. The van der Waals surface area contributed by atoms with Gasteiger partial charge in [-0.1, -0.05) is 37.3 Å². The van der Waals surface area contributed by atoms with Gasteiger partial charge in [0, 0.05) is 42.2 Å². The molecule has 1 heterocycles. The molecule has 28 heavy (non-hydrogen) atoms. The summed E-state index contributed by atoms with van der Waals surface area (Å²) in [5.74, 6) is 0.145. The molecule has 2 aromatic carbocycles. The molecule has 0 spiro atoms. The second kappa shape index (κ2) is 7.18. The highest BCUT2D eigenvalue weighted by Crippen LogP contribution is 2.33. The molecule has 0 saturated heterocycles. The molecule has 4 rings (SSSR count). The fraction of sp³-hybridized carbons (Fsp3) is 0.318. The first-order valence-corrected chi connectivity index (χ1v) is 11.1. The van der Waals surface area contributed by atoms with Gasteiger partial charge in [0.05, 0.1) is 4.90 Å². The number of rotatable bonds is 5. The molecular weight excluding hydrogens is 372 g/mol. The Morgan fingerprint density at radius 2 is 1.86 bits per heavy atom. The molecule has 0 aliphatic heterocycles. The lowest BCUT2D eigenvalue weighted by molar-refractivity contribution is 0.0974. The lowest BCUT2D eigenvalue weighted by Crippen LogP contribution is -2.27. The quantitative estimate of drug-likeness (QED) is 0.707. The number of H-pyrrole nitrogens is 1. The number of benzene rings is 2. The first-order valence-electron chi connectivity index (χ1n) is 9.62. The first kappa shape index (κ1) is 18.9. The number of nitrogens with one attached hydrogen (secondary N) is 1. The van der Waals surface area contributed by atoms with Crippen LogP contribution in [-0.2, 0) is 29.4 Å². The van der Waals surface area contributed by atoms with E-state index in [0.717, 1.165) is 46.1 Å². The van der Waals surface area contributed by atoms with Crippen LogP contribution in [0.4, 0.5) is 0 Å². The number of hydrogen-bond acceptors (Lipinski definition) is 3. The van der Waals surface area contributed by atoms with Crippen molar-refractivity contribution in [2.45, 2.75) is 44.0 Å². The van der Waals surface area contributed by atoms with Crippen LogP contribution in [0.5, 0.6) is 0 Å². The smallest absolute Gasteiger partial charge is 0.243 e. The van der Waals surface area contributed by atoms with E-state index in [-0.39, 0.29) is 5.78 Å². The molecule has 3 aromatic rings. The van der Waals surface area contributed by atoms with E-state index in [2.05, 4.69) is 4.98 Å². The zero-order valence-corrected chi connectivity index (χ0v) is 17.0. The van der Waals surface area contributed by atoms with Crippen molar-refractivity contribution < 1.29 is 13.2 Å². The highest BCUT2D eigenvalue weighted by atomic mass is 32.2. The molecule has 0 amide bonds. The Kier molecular flexibility index (Phi) is 4.85. The van der Waals surface area contributed by atoms with E-state index in [1.807, 2.05) is 43.3 Å². The number of carbonyl (C=O) groups is 1. The molecule has 0 fully saturated rings. The Morgan fingerprint density at radius 3 is 2.57 bits per heavy atom. The largest absolute Gasteiger partial charge is 0.358 e. The van der Waals surface area contributed by atoms with Crippen LogP contribution >= 0.6 is 0 Å². The van der Waals surface area contributed by atoms with Crippen LogP contribution < -0.4 is 0 Å². The molecule has 0 saturated carbocycles.